The highest BCUT2D eigenvalue weighted by molar-refractivity contribution is 6.10. The smallest absolute Gasteiger partial charge is 0.200 e. The maximum Gasteiger partial charge on any atom is 0.200 e. The lowest BCUT2D eigenvalue weighted by atomic mass is 10.0. The van der Waals surface area contributed by atoms with Gasteiger partial charge < -0.3 is 9.30 Å². The number of ether oxygens (including phenoxy) is 1. The topological polar surface area (TPSA) is 48.3 Å². The average molecular weight is 401 g/mol. The lowest BCUT2D eigenvalue weighted by Crippen LogP contribution is -2.20. The Morgan fingerprint density at radius 3 is 2.43 bits per heavy atom. The molecule has 0 spiro atoms. The van der Waals surface area contributed by atoms with E-state index in [0.29, 0.717) is 29.8 Å². The number of halogens is 1. The van der Waals surface area contributed by atoms with Gasteiger partial charge in [0.05, 0.1) is 23.1 Å². The highest BCUT2D eigenvalue weighted by Gasteiger charge is 2.18. The molecule has 30 heavy (non-hydrogen) atoms. The number of pyridine rings is 1. The zero-order chi connectivity index (χ0) is 21.1. The number of hydrogen-bond donors (Lipinski definition) is 0. The molecule has 0 saturated heterocycles. The second kappa shape index (κ2) is 8.33. The molecule has 3 aromatic carbocycles. The number of carbonyl (C=O) groups is 1. The minimum atomic E-state index is -0.439. The van der Waals surface area contributed by atoms with E-state index in [2.05, 4.69) is 0 Å². The van der Waals surface area contributed by atoms with E-state index in [0.717, 1.165) is 5.56 Å². The molecular formula is C25H20FNO3. The van der Waals surface area contributed by atoms with Crippen molar-refractivity contribution in [3.05, 3.63) is 112 Å². The summed E-state index contributed by atoms with van der Waals surface area (Å²) in [5.74, 6) is -0.307. The van der Waals surface area contributed by atoms with Gasteiger partial charge in [-0.2, -0.15) is 0 Å². The van der Waals surface area contributed by atoms with Crippen molar-refractivity contribution in [3.63, 3.8) is 0 Å². The van der Waals surface area contributed by atoms with Crippen molar-refractivity contribution >= 4 is 16.7 Å². The first-order valence-electron chi connectivity index (χ1n) is 9.71. The Morgan fingerprint density at radius 2 is 1.73 bits per heavy atom. The highest BCUT2D eigenvalue weighted by Crippen LogP contribution is 2.21. The Hall–Kier alpha value is -3.73. The van der Waals surface area contributed by atoms with Crippen LogP contribution in [-0.4, -0.2) is 17.0 Å². The van der Waals surface area contributed by atoms with Crippen molar-refractivity contribution in [3.8, 4) is 5.75 Å². The molecular weight excluding hydrogens is 381 g/mol. The van der Waals surface area contributed by atoms with E-state index in [9.17, 15) is 14.0 Å². The van der Waals surface area contributed by atoms with Gasteiger partial charge in [0.15, 0.2) is 5.78 Å². The molecule has 0 amide bonds. The van der Waals surface area contributed by atoms with Crippen LogP contribution in [0, 0.1) is 5.82 Å². The number of nitrogens with zero attached hydrogens (tertiary/aromatic N) is 1. The molecule has 4 rings (SSSR count). The monoisotopic (exact) mass is 401 g/mol. The van der Waals surface area contributed by atoms with Crippen molar-refractivity contribution in [2.45, 2.75) is 13.5 Å². The van der Waals surface area contributed by atoms with E-state index in [1.165, 1.54) is 24.3 Å². The largest absolute Gasteiger partial charge is 0.494 e. The second-order valence-corrected chi connectivity index (χ2v) is 6.93. The van der Waals surface area contributed by atoms with Crippen LogP contribution in [0.4, 0.5) is 4.39 Å². The molecule has 0 aliphatic carbocycles. The Balaban J connectivity index is 1.90. The first-order chi connectivity index (χ1) is 14.6. The molecule has 0 fully saturated rings. The normalized spacial score (nSPS) is 10.9. The van der Waals surface area contributed by atoms with Crippen LogP contribution < -0.4 is 10.2 Å². The SMILES string of the molecule is CCOc1ccc2c(c1)c(=O)c(C(=O)c1ccc(F)cc1)cn2Cc1ccccc1. The highest BCUT2D eigenvalue weighted by atomic mass is 19.1. The van der Waals surface area contributed by atoms with Crippen LogP contribution in [-0.2, 0) is 6.54 Å². The fraction of sp³-hybridized carbons (Fsp3) is 0.120. The number of carbonyl (C=O) groups excluding carboxylic acids is 1. The Morgan fingerprint density at radius 1 is 1.00 bits per heavy atom. The summed E-state index contributed by atoms with van der Waals surface area (Å²) in [5, 5.41) is 0.407. The molecule has 1 heterocycles. The minimum Gasteiger partial charge on any atom is -0.494 e. The van der Waals surface area contributed by atoms with Crippen LogP contribution in [0.15, 0.2) is 83.8 Å². The maximum atomic E-state index is 13.3. The van der Waals surface area contributed by atoms with E-state index in [4.69, 9.17) is 4.74 Å². The summed E-state index contributed by atoms with van der Waals surface area (Å²) in [6, 6.07) is 20.3. The molecule has 0 radical (unpaired) electrons. The summed E-state index contributed by atoms with van der Waals surface area (Å²) in [6.45, 7) is 2.83. The van der Waals surface area contributed by atoms with E-state index < -0.39 is 11.6 Å². The molecule has 4 aromatic rings. The van der Waals surface area contributed by atoms with Crippen LogP contribution in [0.25, 0.3) is 10.9 Å². The van der Waals surface area contributed by atoms with Gasteiger partial charge in [0.25, 0.3) is 0 Å². The van der Waals surface area contributed by atoms with Gasteiger partial charge in [-0.25, -0.2) is 4.39 Å². The minimum absolute atomic E-state index is 0.0405. The van der Waals surface area contributed by atoms with Crippen LogP contribution >= 0.6 is 0 Å². The van der Waals surface area contributed by atoms with Crippen molar-refractivity contribution in [1.82, 2.24) is 4.57 Å². The third-order valence-corrected chi connectivity index (χ3v) is 4.91. The number of aromatic nitrogens is 1. The molecule has 4 nitrogen and oxygen atoms in total. The standard InChI is InChI=1S/C25H20FNO3/c1-2-30-20-12-13-23-21(14-20)25(29)22(24(28)18-8-10-19(26)11-9-18)16-27(23)15-17-6-4-3-5-7-17/h3-14,16H,2,15H2,1H3. The fourth-order valence-corrected chi connectivity index (χ4v) is 3.46. The lowest BCUT2D eigenvalue weighted by molar-refractivity contribution is 0.103. The predicted octanol–water partition coefficient (Wildman–Crippen LogP) is 4.82. The third-order valence-electron chi connectivity index (χ3n) is 4.91. The maximum absolute atomic E-state index is 13.3. The van der Waals surface area contributed by atoms with Gasteiger partial charge >= 0.3 is 0 Å². The summed E-state index contributed by atoms with van der Waals surface area (Å²) in [6.07, 6.45) is 1.59. The Bertz CT molecular complexity index is 1260. The molecule has 0 atom stereocenters. The average Bonchev–Trinajstić information content (AvgIpc) is 2.77. The molecule has 0 bridgehead atoms. The van der Waals surface area contributed by atoms with Crippen molar-refractivity contribution < 1.29 is 13.9 Å². The summed E-state index contributed by atoms with van der Waals surface area (Å²) in [4.78, 5) is 26.3. The fourth-order valence-electron chi connectivity index (χ4n) is 3.46. The Kier molecular flexibility index (Phi) is 5.44. The molecule has 0 saturated carbocycles. The zero-order valence-electron chi connectivity index (χ0n) is 16.5. The molecule has 0 N–H and O–H groups in total. The quantitative estimate of drug-likeness (QED) is 0.435. The number of rotatable bonds is 6. The molecule has 0 aliphatic heterocycles. The van der Waals surface area contributed by atoms with Crippen molar-refractivity contribution in [1.29, 1.82) is 0 Å². The van der Waals surface area contributed by atoms with E-state index in [-0.39, 0.29) is 16.6 Å². The van der Waals surface area contributed by atoms with Gasteiger partial charge in [-0.3, -0.25) is 9.59 Å². The van der Waals surface area contributed by atoms with Crippen LogP contribution in [0.3, 0.4) is 0 Å². The lowest BCUT2D eigenvalue weighted by Gasteiger charge is -2.14. The van der Waals surface area contributed by atoms with Gasteiger partial charge in [-0.1, -0.05) is 30.3 Å². The van der Waals surface area contributed by atoms with Crippen LogP contribution in [0.5, 0.6) is 5.75 Å². The Labute approximate surface area is 173 Å². The molecule has 150 valence electrons. The van der Waals surface area contributed by atoms with E-state index >= 15 is 0 Å². The molecule has 0 unspecified atom stereocenters. The van der Waals surface area contributed by atoms with Gasteiger partial charge in [0.2, 0.25) is 5.43 Å². The second-order valence-electron chi connectivity index (χ2n) is 6.93. The van der Waals surface area contributed by atoms with Gasteiger partial charge in [-0.05, 0) is 55.0 Å². The van der Waals surface area contributed by atoms with E-state index in [1.54, 1.807) is 12.3 Å². The van der Waals surface area contributed by atoms with Crippen molar-refractivity contribution in [2.75, 3.05) is 6.61 Å². The number of benzene rings is 3. The van der Waals surface area contributed by atoms with Crippen LogP contribution in [0.1, 0.15) is 28.4 Å². The molecule has 5 heteroatoms. The van der Waals surface area contributed by atoms with Gasteiger partial charge in [0, 0.05) is 18.3 Å². The first kappa shape index (κ1) is 19.6. The predicted molar refractivity (Wildman–Crippen MR) is 115 cm³/mol. The third kappa shape index (κ3) is 3.87. The molecule has 1 aromatic heterocycles. The summed E-state index contributed by atoms with van der Waals surface area (Å²) in [5.41, 5.74) is 1.68. The summed E-state index contributed by atoms with van der Waals surface area (Å²) in [7, 11) is 0. The van der Waals surface area contributed by atoms with Crippen molar-refractivity contribution in [2.24, 2.45) is 0 Å². The number of ketones is 1. The van der Waals surface area contributed by atoms with Gasteiger partial charge in [0.1, 0.15) is 11.6 Å². The molecule has 0 aliphatic rings. The zero-order valence-corrected chi connectivity index (χ0v) is 16.5. The summed E-state index contributed by atoms with van der Waals surface area (Å²) >= 11 is 0. The number of hydrogen-bond acceptors (Lipinski definition) is 3. The van der Waals surface area contributed by atoms with Gasteiger partial charge in [-0.15, -0.1) is 0 Å². The summed E-state index contributed by atoms with van der Waals surface area (Å²) < 4.78 is 20.7. The first-order valence-corrected chi connectivity index (χ1v) is 9.71. The van der Waals surface area contributed by atoms with Crippen LogP contribution in [0.2, 0.25) is 0 Å². The number of fused-ring (bicyclic) bond motifs is 1. The van der Waals surface area contributed by atoms with E-state index in [1.807, 2.05) is 54.0 Å².